The van der Waals surface area contributed by atoms with Gasteiger partial charge in [-0.3, -0.25) is 4.79 Å². The molecular weight excluding hydrogens is 291 g/mol. The van der Waals surface area contributed by atoms with E-state index in [2.05, 4.69) is 17.6 Å². The summed E-state index contributed by atoms with van der Waals surface area (Å²) >= 11 is 0. The lowest BCUT2D eigenvalue weighted by Crippen LogP contribution is -2.48. The summed E-state index contributed by atoms with van der Waals surface area (Å²) in [5, 5.41) is 6.40. The molecule has 1 aromatic rings. The molecule has 3 atom stereocenters. The maximum absolute atomic E-state index is 13.7. The van der Waals surface area contributed by atoms with Crippen molar-refractivity contribution in [1.82, 2.24) is 10.6 Å². The molecule has 1 heterocycles. The van der Waals surface area contributed by atoms with Crippen LogP contribution in [0.4, 0.5) is 4.39 Å². The Kier molecular flexibility index (Phi) is 7.12. The molecule has 0 radical (unpaired) electrons. The van der Waals surface area contributed by atoms with Crippen LogP contribution in [0, 0.1) is 11.7 Å². The first-order valence-electron chi connectivity index (χ1n) is 7.32. The fourth-order valence-corrected chi connectivity index (χ4v) is 2.76. The number of carbonyl (C=O) groups excluding carboxylic acids is 1. The Hall–Kier alpha value is -1.13. The van der Waals surface area contributed by atoms with Gasteiger partial charge >= 0.3 is 0 Å². The maximum atomic E-state index is 13.7. The van der Waals surface area contributed by atoms with Gasteiger partial charge in [0.25, 0.3) is 0 Å². The number of hydrogen-bond acceptors (Lipinski definition) is 2. The Morgan fingerprint density at radius 3 is 2.86 bits per heavy atom. The maximum Gasteiger partial charge on any atom is 0.220 e. The molecule has 1 aliphatic heterocycles. The highest BCUT2D eigenvalue weighted by molar-refractivity contribution is 5.85. The number of benzene rings is 1. The van der Waals surface area contributed by atoms with Crippen LogP contribution in [-0.4, -0.2) is 25.0 Å². The summed E-state index contributed by atoms with van der Waals surface area (Å²) in [4.78, 5) is 12.1. The van der Waals surface area contributed by atoms with Gasteiger partial charge < -0.3 is 10.6 Å². The third-order valence-corrected chi connectivity index (χ3v) is 4.06. The van der Waals surface area contributed by atoms with E-state index in [1.807, 2.05) is 13.0 Å². The molecule has 3 nitrogen and oxygen atoms in total. The van der Waals surface area contributed by atoms with Crippen LogP contribution in [0.2, 0.25) is 0 Å². The molecule has 1 fully saturated rings. The first-order valence-corrected chi connectivity index (χ1v) is 7.32. The van der Waals surface area contributed by atoms with E-state index in [4.69, 9.17) is 0 Å². The van der Waals surface area contributed by atoms with E-state index in [1.54, 1.807) is 12.1 Å². The second-order valence-corrected chi connectivity index (χ2v) is 5.77. The number of hydrogen-bond donors (Lipinski definition) is 2. The summed E-state index contributed by atoms with van der Waals surface area (Å²) in [6.07, 6.45) is 1.29. The molecule has 1 aliphatic rings. The van der Waals surface area contributed by atoms with Crippen molar-refractivity contribution in [3.63, 3.8) is 0 Å². The van der Waals surface area contributed by atoms with Crippen molar-refractivity contribution in [2.24, 2.45) is 5.92 Å². The van der Waals surface area contributed by atoms with Gasteiger partial charge in [-0.2, -0.15) is 0 Å². The number of nitrogens with one attached hydrogen (secondary N) is 2. The van der Waals surface area contributed by atoms with Crippen LogP contribution in [0.3, 0.4) is 0 Å². The summed E-state index contributed by atoms with van der Waals surface area (Å²) in [5.41, 5.74) is 0.612. The van der Waals surface area contributed by atoms with Crippen molar-refractivity contribution in [2.75, 3.05) is 13.1 Å². The van der Waals surface area contributed by atoms with Gasteiger partial charge in [0.05, 0.1) is 0 Å². The third kappa shape index (κ3) is 4.97. The molecule has 1 saturated heterocycles. The molecule has 2 N–H and O–H groups in total. The Labute approximate surface area is 132 Å². The van der Waals surface area contributed by atoms with Crippen molar-refractivity contribution in [1.29, 1.82) is 0 Å². The molecule has 21 heavy (non-hydrogen) atoms. The lowest BCUT2D eigenvalue weighted by molar-refractivity contribution is -0.122. The number of carbonyl (C=O) groups is 1. The molecule has 5 heteroatoms. The smallest absolute Gasteiger partial charge is 0.220 e. The van der Waals surface area contributed by atoms with Crippen LogP contribution in [0.15, 0.2) is 24.3 Å². The second kappa shape index (κ2) is 8.35. The largest absolute Gasteiger partial charge is 0.353 e. The fourth-order valence-electron chi connectivity index (χ4n) is 2.76. The van der Waals surface area contributed by atoms with E-state index in [1.165, 1.54) is 6.07 Å². The van der Waals surface area contributed by atoms with Gasteiger partial charge in [0.2, 0.25) is 5.91 Å². The summed E-state index contributed by atoms with van der Waals surface area (Å²) in [6.45, 7) is 5.91. The average Bonchev–Trinajstić information content (AvgIpc) is 2.41. The first-order chi connectivity index (χ1) is 9.58. The quantitative estimate of drug-likeness (QED) is 0.897. The fraction of sp³-hybridized carbons (Fsp3) is 0.562. The second-order valence-electron chi connectivity index (χ2n) is 5.77. The molecule has 0 saturated carbocycles. The zero-order valence-electron chi connectivity index (χ0n) is 12.6. The van der Waals surface area contributed by atoms with E-state index in [9.17, 15) is 9.18 Å². The van der Waals surface area contributed by atoms with Crippen LogP contribution in [0.1, 0.15) is 38.2 Å². The van der Waals surface area contributed by atoms with Crippen LogP contribution in [0.5, 0.6) is 0 Å². The van der Waals surface area contributed by atoms with Gasteiger partial charge in [-0.1, -0.05) is 32.0 Å². The Balaban J connectivity index is 0.00000220. The van der Waals surface area contributed by atoms with E-state index < -0.39 is 0 Å². The Bertz CT molecular complexity index is 469. The number of rotatable bonds is 4. The molecular formula is C16H24ClFN2O. The van der Waals surface area contributed by atoms with Crippen molar-refractivity contribution in [3.05, 3.63) is 35.6 Å². The minimum Gasteiger partial charge on any atom is -0.353 e. The predicted octanol–water partition coefficient (Wildman–Crippen LogP) is 2.86. The van der Waals surface area contributed by atoms with Crippen molar-refractivity contribution in [2.45, 2.75) is 38.6 Å². The Morgan fingerprint density at radius 1 is 1.48 bits per heavy atom. The number of amides is 1. The topological polar surface area (TPSA) is 41.1 Å². The van der Waals surface area contributed by atoms with Crippen molar-refractivity contribution in [3.8, 4) is 0 Å². The lowest BCUT2D eigenvalue weighted by atomic mass is 9.93. The lowest BCUT2D eigenvalue weighted by Gasteiger charge is -2.30. The highest BCUT2D eigenvalue weighted by Gasteiger charge is 2.23. The third-order valence-electron chi connectivity index (χ3n) is 4.06. The van der Waals surface area contributed by atoms with Crippen LogP contribution < -0.4 is 10.6 Å². The van der Waals surface area contributed by atoms with E-state index >= 15 is 0 Å². The number of piperidine rings is 1. The number of halogens is 2. The normalized spacial score (nSPS) is 23.0. The molecule has 0 aliphatic carbocycles. The van der Waals surface area contributed by atoms with Gasteiger partial charge in [0.15, 0.2) is 0 Å². The summed E-state index contributed by atoms with van der Waals surface area (Å²) in [7, 11) is 0. The van der Waals surface area contributed by atoms with E-state index in [0.717, 1.165) is 19.5 Å². The van der Waals surface area contributed by atoms with E-state index in [-0.39, 0.29) is 36.1 Å². The highest BCUT2D eigenvalue weighted by Crippen LogP contribution is 2.22. The summed E-state index contributed by atoms with van der Waals surface area (Å²) in [6, 6.07) is 6.90. The van der Waals surface area contributed by atoms with Crippen LogP contribution in [0.25, 0.3) is 0 Å². The van der Waals surface area contributed by atoms with Crippen molar-refractivity contribution < 1.29 is 9.18 Å². The van der Waals surface area contributed by atoms with Crippen molar-refractivity contribution >= 4 is 18.3 Å². The standard InChI is InChI=1S/C16H23FN2O.ClH/c1-11(13-5-3-4-6-14(13)17)9-16(20)19-15-7-8-18-10-12(15)2;/h3-6,11-12,15,18H,7-10H2,1-2H3,(H,19,20);1H. The molecule has 0 aromatic heterocycles. The zero-order chi connectivity index (χ0) is 14.5. The molecule has 0 bridgehead atoms. The van der Waals surface area contributed by atoms with Crippen LogP contribution in [-0.2, 0) is 4.79 Å². The molecule has 118 valence electrons. The van der Waals surface area contributed by atoms with E-state index in [0.29, 0.717) is 17.9 Å². The average molecular weight is 315 g/mol. The molecule has 2 rings (SSSR count). The van der Waals surface area contributed by atoms with Gasteiger partial charge in [-0.05, 0) is 43.0 Å². The SMILES string of the molecule is CC(CC(=O)NC1CCNCC1C)c1ccccc1F.Cl. The predicted molar refractivity (Wildman–Crippen MR) is 85.3 cm³/mol. The minimum absolute atomic E-state index is 0. The summed E-state index contributed by atoms with van der Waals surface area (Å²) in [5.74, 6) is 0.118. The minimum atomic E-state index is -0.233. The Morgan fingerprint density at radius 2 is 2.19 bits per heavy atom. The molecule has 3 unspecified atom stereocenters. The monoisotopic (exact) mass is 314 g/mol. The molecule has 1 amide bonds. The highest BCUT2D eigenvalue weighted by atomic mass is 35.5. The zero-order valence-corrected chi connectivity index (χ0v) is 13.4. The van der Waals surface area contributed by atoms with Gasteiger partial charge in [0, 0.05) is 12.5 Å². The first kappa shape index (κ1) is 17.9. The van der Waals surface area contributed by atoms with Gasteiger partial charge in [-0.15, -0.1) is 12.4 Å². The van der Waals surface area contributed by atoms with Gasteiger partial charge in [-0.25, -0.2) is 4.39 Å². The molecule has 1 aromatic carbocycles. The summed E-state index contributed by atoms with van der Waals surface area (Å²) < 4.78 is 13.7. The molecule has 0 spiro atoms. The van der Waals surface area contributed by atoms with Crippen LogP contribution >= 0.6 is 12.4 Å². The van der Waals surface area contributed by atoms with Gasteiger partial charge in [0.1, 0.15) is 5.82 Å².